The molecule has 0 atom stereocenters. The maximum atomic E-state index is 4.54. The average Bonchev–Trinajstić information content (AvgIpc) is 2.39. The Balaban J connectivity index is 2.17. The topological polar surface area (TPSA) is 41.1 Å². The maximum Gasteiger partial charge on any atom is 0.0600 e. The number of hydrogen-bond acceptors (Lipinski definition) is 4. The molecule has 2 heterocycles. The minimum Gasteiger partial charge on any atom is -0.367 e. The molecule has 4 heteroatoms. The van der Waals surface area contributed by atoms with Gasteiger partial charge in [0.05, 0.1) is 24.1 Å². The smallest absolute Gasteiger partial charge is 0.0600 e. The van der Waals surface area contributed by atoms with Crippen molar-refractivity contribution in [3.8, 4) is 0 Å². The number of hydrogen-bond donors (Lipinski definition) is 1. The first-order valence-corrected chi connectivity index (χ1v) is 6.42. The molecule has 0 spiro atoms. The summed E-state index contributed by atoms with van der Waals surface area (Å²) < 4.78 is 0. The van der Waals surface area contributed by atoms with Crippen molar-refractivity contribution >= 4 is 5.69 Å². The van der Waals surface area contributed by atoms with Crippen LogP contribution in [0.3, 0.4) is 0 Å². The molecular weight excluding hydrogens is 236 g/mol. The van der Waals surface area contributed by atoms with Gasteiger partial charge in [0, 0.05) is 25.5 Å². The van der Waals surface area contributed by atoms with E-state index in [0.29, 0.717) is 0 Å². The second kappa shape index (κ2) is 6.29. The molecule has 0 amide bonds. The van der Waals surface area contributed by atoms with Crippen LogP contribution < -0.4 is 10.2 Å². The number of nitrogens with one attached hydrogen (secondary N) is 1. The molecule has 0 bridgehead atoms. The van der Waals surface area contributed by atoms with E-state index in [1.54, 1.807) is 0 Å². The molecule has 2 aromatic rings. The van der Waals surface area contributed by atoms with E-state index < -0.39 is 0 Å². The summed E-state index contributed by atoms with van der Waals surface area (Å²) in [5, 5.41) is 3.18. The normalized spacial score (nSPS) is 10.5. The highest BCUT2D eigenvalue weighted by Crippen LogP contribution is 2.19. The second-order valence-corrected chi connectivity index (χ2v) is 4.66. The predicted octanol–water partition coefficient (Wildman–Crippen LogP) is 2.14. The SMILES string of the molecule is CNCc1ccncc1N(C)Cc1cccc(C)n1. The summed E-state index contributed by atoms with van der Waals surface area (Å²) in [4.78, 5) is 10.9. The number of pyridine rings is 2. The lowest BCUT2D eigenvalue weighted by Gasteiger charge is -2.21. The standard InChI is InChI=1S/C15H20N4/c1-12-5-4-6-14(18-12)11-19(3)15-10-17-8-7-13(15)9-16-2/h4-8,10,16H,9,11H2,1-3H3. The first kappa shape index (κ1) is 13.5. The fourth-order valence-electron chi connectivity index (χ4n) is 2.11. The fraction of sp³-hybridized carbons (Fsp3) is 0.333. The van der Waals surface area contributed by atoms with Gasteiger partial charge in [-0.15, -0.1) is 0 Å². The van der Waals surface area contributed by atoms with Gasteiger partial charge in [-0.2, -0.15) is 0 Å². The van der Waals surface area contributed by atoms with Gasteiger partial charge in [0.15, 0.2) is 0 Å². The van der Waals surface area contributed by atoms with Gasteiger partial charge in [0.1, 0.15) is 0 Å². The van der Waals surface area contributed by atoms with E-state index in [4.69, 9.17) is 0 Å². The zero-order valence-corrected chi connectivity index (χ0v) is 11.7. The van der Waals surface area contributed by atoms with E-state index in [1.807, 2.05) is 44.6 Å². The Morgan fingerprint density at radius 2 is 2.11 bits per heavy atom. The molecule has 0 aliphatic heterocycles. The number of anilines is 1. The highest BCUT2D eigenvalue weighted by molar-refractivity contribution is 5.51. The monoisotopic (exact) mass is 256 g/mol. The van der Waals surface area contributed by atoms with Gasteiger partial charge in [0.2, 0.25) is 0 Å². The van der Waals surface area contributed by atoms with Gasteiger partial charge >= 0.3 is 0 Å². The van der Waals surface area contributed by atoms with Crippen molar-refractivity contribution in [3.63, 3.8) is 0 Å². The molecule has 0 unspecified atom stereocenters. The van der Waals surface area contributed by atoms with E-state index in [2.05, 4.69) is 33.3 Å². The van der Waals surface area contributed by atoms with Crippen LogP contribution in [0.1, 0.15) is 17.0 Å². The minimum absolute atomic E-state index is 0.782. The molecule has 0 saturated carbocycles. The van der Waals surface area contributed by atoms with Crippen LogP contribution in [0.25, 0.3) is 0 Å². The van der Waals surface area contributed by atoms with Crippen molar-refractivity contribution in [2.24, 2.45) is 0 Å². The molecule has 0 aromatic carbocycles. The number of nitrogens with zero attached hydrogens (tertiary/aromatic N) is 3. The third kappa shape index (κ3) is 3.51. The summed E-state index contributed by atoms with van der Waals surface area (Å²) in [5.41, 5.74) is 4.50. The lowest BCUT2D eigenvalue weighted by atomic mass is 10.2. The molecule has 19 heavy (non-hydrogen) atoms. The zero-order chi connectivity index (χ0) is 13.7. The molecule has 100 valence electrons. The summed E-state index contributed by atoms with van der Waals surface area (Å²) >= 11 is 0. The number of aryl methyl sites for hydroxylation is 1. The van der Waals surface area contributed by atoms with Crippen LogP contribution in [-0.2, 0) is 13.1 Å². The van der Waals surface area contributed by atoms with Crippen LogP contribution in [0.15, 0.2) is 36.7 Å². The summed E-state index contributed by atoms with van der Waals surface area (Å²) in [6, 6.07) is 8.16. The van der Waals surface area contributed by atoms with E-state index in [1.165, 1.54) is 5.56 Å². The van der Waals surface area contributed by atoms with E-state index >= 15 is 0 Å². The van der Waals surface area contributed by atoms with Crippen molar-refractivity contribution in [1.82, 2.24) is 15.3 Å². The molecule has 1 N–H and O–H groups in total. The summed E-state index contributed by atoms with van der Waals surface area (Å²) in [6.45, 7) is 3.63. The molecule has 0 radical (unpaired) electrons. The molecule has 2 aromatic heterocycles. The van der Waals surface area contributed by atoms with Crippen LogP contribution in [0, 0.1) is 6.92 Å². The van der Waals surface area contributed by atoms with Gasteiger partial charge in [-0.3, -0.25) is 9.97 Å². The summed E-state index contributed by atoms with van der Waals surface area (Å²) in [5.74, 6) is 0. The molecule has 4 nitrogen and oxygen atoms in total. The lowest BCUT2D eigenvalue weighted by Crippen LogP contribution is -2.20. The Hall–Kier alpha value is -1.94. The molecule has 2 rings (SSSR count). The Labute approximate surface area is 114 Å². The maximum absolute atomic E-state index is 4.54. The van der Waals surface area contributed by atoms with Gasteiger partial charge in [-0.05, 0) is 37.7 Å². The summed E-state index contributed by atoms with van der Waals surface area (Å²) in [7, 11) is 4.02. The summed E-state index contributed by atoms with van der Waals surface area (Å²) in [6.07, 6.45) is 3.73. The largest absolute Gasteiger partial charge is 0.367 e. The highest BCUT2D eigenvalue weighted by atomic mass is 15.1. The quantitative estimate of drug-likeness (QED) is 0.890. The lowest BCUT2D eigenvalue weighted by molar-refractivity contribution is 0.798. The second-order valence-electron chi connectivity index (χ2n) is 4.66. The Morgan fingerprint density at radius 3 is 2.84 bits per heavy atom. The van der Waals surface area contributed by atoms with Crippen molar-refractivity contribution < 1.29 is 0 Å². The molecule has 0 saturated heterocycles. The van der Waals surface area contributed by atoms with Crippen molar-refractivity contribution in [1.29, 1.82) is 0 Å². The zero-order valence-electron chi connectivity index (χ0n) is 11.7. The predicted molar refractivity (Wildman–Crippen MR) is 78.1 cm³/mol. The fourth-order valence-corrected chi connectivity index (χ4v) is 2.11. The first-order chi connectivity index (χ1) is 9.20. The van der Waals surface area contributed by atoms with Crippen LogP contribution in [0.4, 0.5) is 5.69 Å². The van der Waals surface area contributed by atoms with Gasteiger partial charge < -0.3 is 10.2 Å². The van der Waals surface area contributed by atoms with Crippen LogP contribution in [-0.4, -0.2) is 24.1 Å². The average molecular weight is 256 g/mol. The van der Waals surface area contributed by atoms with Crippen LogP contribution in [0.2, 0.25) is 0 Å². The van der Waals surface area contributed by atoms with Crippen molar-refractivity contribution in [2.75, 3.05) is 19.0 Å². The Bertz CT molecular complexity index is 539. The minimum atomic E-state index is 0.782. The van der Waals surface area contributed by atoms with E-state index in [9.17, 15) is 0 Å². The van der Waals surface area contributed by atoms with Crippen molar-refractivity contribution in [3.05, 3.63) is 53.6 Å². The highest BCUT2D eigenvalue weighted by Gasteiger charge is 2.08. The molecule has 0 aliphatic carbocycles. The van der Waals surface area contributed by atoms with Gasteiger partial charge in [0.25, 0.3) is 0 Å². The van der Waals surface area contributed by atoms with E-state index in [-0.39, 0.29) is 0 Å². The molecule has 0 aliphatic rings. The Kier molecular flexibility index (Phi) is 4.47. The van der Waals surface area contributed by atoms with Gasteiger partial charge in [-0.25, -0.2) is 0 Å². The first-order valence-electron chi connectivity index (χ1n) is 6.42. The van der Waals surface area contributed by atoms with Crippen LogP contribution in [0.5, 0.6) is 0 Å². The van der Waals surface area contributed by atoms with Gasteiger partial charge in [-0.1, -0.05) is 6.07 Å². The van der Waals surface area contributed by atoms with Crippen LogP contribution >= 0.6 is 0 Å². The van der Waals surface area contributed by atoms with Crippen molar-refractivity contribution in [2.45, 2.75) is 20.0 Å². The Morgan fingerprint density at radius 1 is 1.26 bits per heavy atom. The molecular formula is C15H20N4. The molecule has 0 fully saturated rings. The third-order valence-electron chi connectivity index (χ3n) is 3.01. The number of rotatable bonds is 5. The van der Waals surface area contributed by atoms with E-state index in [0.717, 1.165) is 30.2 Å². The number of aromatic nitrogens is 2. The third-order valence-corrected chi connectivity index (χ3v) is 3.01.